The van der Waals surface area contributed by atoms with Crippen LogP contribution in [-0.2, 0) is 37.5 Å². The van der Waals surface area contributed by atoms with Gasteiger partial charge in [-0.25, -0.2) is 4.57 Å². The molecule has 0 aliphatic rings. The molecule has 57 heavy (non-hydrogen) atoms. The van der Waals surface area contributed by atoms with Gasteiger partial charge in [0, 0.05) is 12.8 Å². The molecule has 12 heteroatoms. The predicted molar refractivity (Wildman–Crippen MR) is 230 cm³/mol. The van der Waals surface area contributed by atoms with Crippen molar-refractivity contribution in [3.8, 4) is 0 Å². The normalized spacial score (nSPS) is 14.7. The molecule has 0 heterocycles. The Balaban J connectivity index is 4.57. The number of rotatable bonds is 37. The molecule has 0 aliphatic heterocycles. The summed E-state index contributed by atoms with van der Waals surface area (Å²) in [6, 6.07) is -1.54. The second-order valence-electron chi connectivity index (χ2n) is 13.4. The van der Waals surface area contributed by atoms with Crippen LogP contribution in [0.5, 0.6) is 0 Å². The lowest BCUT2D eigenvalue weighted by Crippen LogP contribution is -2.34. The maximum absolute atomic E-state index is 12.6. The minimum absolute atomic E-state index is 0.0270. The van der Waals surface area contributed by atoms with Gasteiger partial charge in [-0.3, -0.25) is 23.4 Å². The minimum Gasteiger partial charge on any atom is -0.480 e. The van der Waals surface area contributed by atoms with Crippen molar-refractivity contribution in [2.24, 2.45) is 5.73 Å². The number of hydrogen-bond donors (Lipinski definition) is 3. The van der Waals surface area contributed by atoms with Gasteiger partial charge in [0.2, 0.25) is 0 Å². The van der Waals surface area contributed by atoms with Crippen molar-refractivity contribution in [3.63, 3.8) is 0 Å². The van der Waals surface area contributed by atoms with Gasteiger partial charge in [0.25, 0.3) is 0 Å². The van der Waals surface area contributed by atoms with Crippen LogP contribution >= 0.6 is 7.82 Å². The van der Waals surface area contributed by atoms with Gasteiger partial charge >= 0.3 is 25.7 Å². The second kappa shape index (κ2) is 39.2. The van der Waals surface area contributed by atoms with Crippen molar-refractivity contribution in [3.05, 3.63) is 97.2 Å². The molecule has 0 rings (SSSR count). The SMILES string of the molecule is CC/C=C\C/C=C\C/C=C\C/C=C\C/C=C\C/C=C\CCC(=O)O[C@H](COC(=O)CCCCCCC/C=C\C/C=C\CCCC)COP(=O)(O)OC[C@H](N)C(=O)O. The van der Waals surface area contributed by atoms with E-state index in [9.17, 15) is 23.8 Å². The number of ether oxygens (including phenoxy) is 2. The number of nitrogens with two attached hydrogens (primary N) is 1. The first-order chi connectivity index (χ1) is 27.6. The standard InChI is InChI=1S/C45H72NO10P/c1-3-5-7-9-11-13-15-17-19-20-21-22-23-25-27-29-31-33-35-37-44(48)56-41(39-54-57(51,52)55-40-42(46)45(49)50)38-53-43(47)36-34-32-30-28-26-24-18-16-14-12-10-8-6-4-2/h5,7,10-13,16-19,21-22,25,27,31,33,41-42H,3-4,6,8-9,14-15,20,23-24,26,28-30,32,34-40,46H2,1-2H3,(H,49,50)(H,51,52)/b7-5-,12-10-,13-11-,18-16-,19-17-,22-21-,27-25-,33-31-/t41-,42+/m1/s1. The summed E-state index contributed by atoms with van der Waals surface area (Å²) in [5, 5.41) is 8.88. The molecule has 0 fully saturated rings. The number of unbranched alkanes of at least 4 members (excludes halogenated alkanes) is 7. The Labute approximate surface area is 343 Å². The summed E-state index contributed by atoms with van der Waals surface area (Å²) in [5.41, 5.74) is 5.32. The van der Waals surface area contributed by atoms with Crippen LogP contribution in [0.3, 0.4) is 0 Å². The first kappa shape index (κ1) is 53.4. The number of carboxylic acids is 1. The Morgan fingerprint density at radius 3 is 1.54 bits per heavy atom. The van der Waals surface area contributed by atoms with E-state index in [0.717, 1.165) is 77.0 Å². The number of aliphatic carboxylic acids is 1. The molecule has 0 aromatic carbocycles. The van der Waals surface area contributed by atoms with E-state index in [1.165, 1.54) is 12.8 Å². The van der Waals surface area contributed by atoms with E-state index in [1.807, 2.05) is 18.2 Å². The van der Waals surface area contributed by atoms with Crippen LogP contribution in [0.1, 0.15) is 136 Å². The third kappa shape index (κ3) is 39.0. The van der Waals surface area contributed by atoms with Gasteiger partial charge in [-0.15, -0.1) is 0 Å². The van der Waals surface area contributed by atoms with Crippen LogP contribution in [0, 0.1) is 0 Å². The monoisotopic (exact) mass is 817 g/mol. The summed E-state index contributed by atoms with van der Waals surface area (Å²) < 4.78 is 32.5. The molecule has 3 atom stereocenters. The van der Waals surface area contributed by atoms with Crippen LogP contribution in [0.25, 0.3) is 0 Å². The molecular weight excluding hydrogens is 745 g/mol. The fourth-order valence-corrected chi connectivity index (χ4v) is 5.59. The molecule has 0 saturated heterocycles. The molecule has 322 valence electrons. The number of carboxylic acid groups (broad SMARTS) is 1. The van der Waals surface area contributed by atoms with Crippen LogP contribution in [0.4, 0.5) is 0 Å². The van der Waals surface area contributed by atoms with Crippen molar-refractivity contribution < 1.29 is 47.5 Å². The van der Waals surface area contributed by atoms with Crippen LogP contribution in [0.15, 0.2) is 97.2 Å². The highest BCUT2D eigenvalue weighted by Gasteiger charge is 2.28. The molecule has 11 nitrogen and oxygen atoms in total. The minimum atomic E-state index is -4.74. The van der Waals surface area contributed by atoms with Crippen molar-refractivity contribution in [1.82, 2.24) is 0 Å². The smallest absolute Gasteiger partial charge is 0.472 e. The molecular formula is C45H72NO10P. The molecule has 0 aliphatic carbocycles. The van der Waals surface area contributed by atoms with Gasteiger partial charge < -0.3 is 25.2 Å². The Hall–Kier alpha value is -3.60. The zero-order chi connectivity index (χ0) is 42.1. The molecule has 0 aromatic rings. The summed E-state index contributed by atoms with van der Waals surface area (Å²) >= 11 is 0. The fraction of sp³-hybridized carbons (Fsp3) is 0.578. The lowest BCUT2D eigenvalue weighted by molar-refractivity contribution is -0.161. The Bertz CT molecular complexity index is 1330. The molecule has 1 unspecified atom stereocenters. The van der Waals surface area contributed by atoms with Gasteiger partial charge in [-0.2, -0.15) is 0 Å². The van der Waals surface area contributed by atoms with Crippen LogP contribution < -0.4 is 5.73 Å². The van der Waals surface area contributed by atoms with E-state index < -0.39 is 51.1 Å². The lowest BCUT2D eigenvalue weighted by Gasteiger charge is -2.20. The largest absolute Gasteiger partial charge is 0.480 e. The Kier molecular flexibility index (Phi) is 36.8. The first-order valence-corrected chi connectivity index (χ1v) is 22.3. The summed E-state index contributed by atoms with van der Waals surface area (Å²) in [6.07, 6.45) is 49.2. The summed E-state index contributed by atoms with van der Waals surface area (Å²) in [5.74, 6) is -2.52. The van der Waals surface area contributed by atoms with Gasteiger partial charge in [-0.05, 0) is 77.0 Å². The van der Waals surface area contributed by atoms with E-state index in [4.69, 9.17) is 24.8 Å². The number of phosphoric acid groups is 1. The van der Waals surface area contributed by atoms with Gasteiger partial charge in [-0.1, -0.05) is 143 Å². The third-order valence-electron chi connectivity index (χ3n) is 8.08. The number of hydrogen-bond acceptors (Lipinski definition) is 9. The van der Waals surface area contributed by atoms with E-state index in [2.05, 4.69) is 97.4 Å². The highest BCUT2D eigenvalue weighted by atomic mass is 31.2. The molecule has 0 spiro atoms. The van der Waals surface area contributed by atoms with Crippen LogP contribution in [0.2, 0.25) is 0 Å². The highest BCUT2D eigenvalue weighted by Crippen LogP contribution is 2.43. The van der Waals surface area contributed by atoms with E-state index in [-0.39, 0.29) is 19.4 Å². The van der Waals surface area contributed by atoms with Crippen molar-refractivity contribution in [2.45, 2.75) is 148 Å². The molecule has 0 bridgehead atoms. The zero-order valence-corrected chi connectivity index (χ0v) is 35.5. The second-order valence-corrected chi connectivity index (χ2v) is 14.8. The molecule has 0 amide bonds. The van der Waals surface area contributed by atoms with Crippen molar-refractivity contribution in [1.29, 1.82) is 0 Å². The maximum atomic E-state index is 12.6. The number of phosphoric ester groups is 1. The number of carbonyl (C=O) groups is 3. The highest BCUT2D eigenvalue weighted by molar-refractivity contribution is 7.47. The van der Waals surface area contributed by atoms with Crippen molar-refractivity contribution >= 4 is 25.7 Å². The quantitative estimate of drug-likeness (QED) is 0.0236. The number of esters is 2. The Morgan fingerprint density at radius 2 is 1.02 bits per heavy atom. The lowest BCUT2D eigenvalue weighted by atomic mass is 10.1. The van der Waals surface area contributed by atoms with Gasteiger partial charge in [0.15, 0.2) is 6.10 Å². The van der Waals surface area contributed by atoms with E-state index in [1.54, 1.807) is 0 Å². The topological polar surface area (TPSA) is 172 Å². The summed E-state index contributed by atoms with van der Waals surface area (Å²) in [7, 11) is -4.74. The van der Waals surface area contributed by atoms with Crippen LogP contribution in [-0.4, -0.2) is 59.9 Å². The number of carbonyl (C=O) groups excluding carboxylic acids is 2. The zero-order valence-electron chi connectivity index (χ0n) is 34.6. The fourth-order valence-electron chi connectivity index (χ4n) is 4.81. The van der Waals surface area contributed by atoms with E-state index >= 15 is 0 Å². The van der Waals surface area contributed by atoms with Gasteiger partial charge in [0.1, 0.15) is 12.6 Å². The number of allylic oxidation sites excluding steroid dienone is 16. The predicted octanol–water partition coefficient (Wildman–Crippen LogP) is 10.9. The maximum Gasteiger partial charge on any atom is 0.472 e. The molecule has 0 saturated carbocycles. The Morgan fingerprint density at radius 1 is 0.561 bits per heavy atom. The van der Waals surface area contributed by atoms with Gasteiger partial charge in [0.05, 0.1) is 13.2 Å². The third-order valence-corrected chi connectivity index (χ3v) is 9.03. The average molecular weight is 818 g/mol. The average Bonchev–Trinajstić information content (AvgIpc) is 3.19. The summed E-state index contributed by atoms with van der Waals surface area (Å²) in [4.78, 5) is 45.9. The molecule has 0 aromatic heterocycles. The molecule has 4 N–H and O–H groups in total. The molecule has 0 radical (unpaired) electrons. The summed E-state index contributed by atoms with van der Waals surface area (Å²) in [6.45, 7) is 2.53. The van der Waals surface area contributed by atoms with Crippen molar-refractivity contribution in [2.75, 3.05) is 19.8 Å². The first-order valence-electron chi connectivity index (χ1n) is 20.8. The van der Waals surface area contributed by atoms with E-state index in [0.29, 0.717) is 19.3 Å².